The predicted molar refractivity (Wildman–Crippen MR) is 71.9 cm³/mol. The van der Waals surface area contributed by atoms with E-state index in [4.69, 9.17) is 5.73 Å². The molecule has 3 aromatic rings. The third-order valence-electron chi connectivity index (χ3n) is 2.56. The van der Waals surface area contributed by atoms with Crippen molar-refractivity contribution in [3.05, 3.63) is 17.8 Å². The number of anilines is 1. The third-order valence-corrected chi connectivity index (χ3v) is 3.41. The van der Waals surface area contributed by atoms with E-state index in [1.807, 2.05) is 6.92 Å². The SMILES string of the molecule is Cc1cnnc(-c2nc3nc(S(C)(=O)=O)nc(N)n3n2)c1. The van der Waals surface area contributed by atoms with Crippen LogP contribution in [0.4, 0.5) is 5.95 Å². The van der Waals surface area contributed by atoms with Crippen LogP contribution in [-0.2, 0) is 9.84 Å². The van der Waals surface area contributed by atoms with Crippen LogP contribution in [0.5, 0.6) is 0 Å². The Balaban J connectivity index is 2.23. The highest BCUT2D eigenvalue weighted by Gasteiger charge is 2.18. The van der Waals surface area contributed by atoms with E-state index < -0.39 is 15.0 Å². The number of fused-ring (bicyclic) bond motifs is 1. The fraction of sp³-hybridized carbons (Fsp3) is 0.200. The van der Waals surface area contributed by atoms with Gasteiger partial charge in [-0.1, -0.05) is 0 Å². The van der Waals surface area contributed by atoms with Crippen LogP contribution in [0.3, 0.4) is 0 Å². The second-order valence-corrected chi connectivity index (χ2v) is 6.31. The van der Waals surface area contributed by atoms with Crippen molar-refractivity contribution in [2.24, 2.45) is 0 Å². The molecule has 0 saturated carbocycles. The minimum Gasteiger partial charge on any atom is -0.368 e. The van der Waals surface area contributed by atoms with Crippen LogP contribution >= 0.6 is 0 Å². The van der Waals surface area contributed by atoms with Crippen molar-refractivity contribution in [3.8, 4) is 11.5 Å². The fourth-order valence-electron chi connectivity index (χ4n) is 1.63. The van der Waals surface area contributed by atoms with Gasteiger partial charge in [-0.15, -0.1) is 10.2 Å². The van der Waals surface area contributed by atoms with Crippen LogP contribution in [0.25, 0.3) is 17.3 Å². The summed E-state index contributed by atoms with van der Waals surface area (Å²) in [4.78, 5) is 11.7. The van der Waals surface area contributed by atoms with Gasteiger partial charge in [0.2, 0.25) is 21.6 Å². The van der Waals surface area contributed by atoms with Crippen LogP contribution < -0.4 is 5.73 Å². The van der Waals surface area contributed by atoms with Gasteiger partial charge in [0.25, 0.3) is 10.9 Å². The van der Waals surface area contributed by atoms with Gasteiger partial charge in [-0.3, -0.25) is 0 Å². The molecular formula is C10H10N8O2S. The van der Waals surface area contributed by atoms with Gasteiger partial charge in [0.15, 0.2) is 0 Å². The molecule has 0 fully saturated rings. The highest BCUT2D eigenvalue weighted by atomic mass is 32.2. The zero-order chi connectivity index (χ0) is 15.2. The van der Waals surface area contributed by atoms with Crippen molar-refractivity contribution in [2.75, 3.05) is 12.0 Å². The number of nitrogen functional groups attached to an aromatic ring is 1. The molecule has 0 aliphatic carbocycles. The summed E-state index contributed by atoms with van der Waals surface area (Å²) in [6, 6.07) is 1.74. The number of nitrogens with two attached hydrogens (primary N) is 1. The Kier molecular flexibility index (Phi) is 2.79. The zero-order valence-electron chi connectivity index (χ0n) is 11.1. The second kappa shape index (κ2) is 4.41. The summed E-state index contributed by atoms with van der Waals surface area (Å²) < 4.78 is 24.1. The molecule has 2 N–H and O–H groups in total. The molecule has 0 spiro atoms. The zero-order valence-corrected chi connectivity index (χ0v) is 11.9. The Morgan fingerprint density at radius 3 is 2.67 bits per heavy atom. The van der Waals surface area contributed by atoms with Gasteiger partial charge in [-0.25, -0.2) is 8.42 Å². The van der Waals surface area contributed by atoms with Gasteiger partial charge in [-0.05, 0) is 18.6 Å². The van der Waals surface area contributed by atoms with Gasteiger partial charge in [0.05, 0.1) is 6.20 Å². The molecule has 0 unspecified atom stereocenters. The highest BCUT2D eigenvalue weighted by molar-refractivity contribution is 7.90. The van der Waals surface area contributed by atoms with Crippen molar-refractivity contribution in [1.29, 1.82) is 0 Å². The quantitative estimate of drug-likeness (QED) is 0.648. The van der Waals surface area contributed by atoms with E-state index in [2.05, 4.69) is 30.2 Å². The van der Waals surface area contributed by atoms with Crippen LogP contribution in [0.1, 0.15) is 5.56 Å². The number of hydrogen-bond donors (Lipinski definition) is 1. The summed E-state index contributed by atoms with van der Waals surface area (Å²) in [6.45, 7) is 1.85. The first-order valence-corrected chi connectivity index (χ1v) is 7.64. The molecule has 0 aliphatic rings. The standard InChI is InChI=1S/C10H10N8O2S/c1-5-3-6(16-12-4-5)7-13-9-15-10(21(2,19)20)14-8(11)18(9)17-7/h3-4H,1-2H3,(H2,11,13,14,15,17). The number of hydrogen-bond acceptors (Lipinski definition) is 9. The molecule has 3 heterocycles. The molecule has 0 aromatic carbocycles. The number of aryl methyl sites for hydroxylation is 1. The van der Waals surface area contributed by atoms with Crippen LogP contribution in [-0.4, -0.2) is 49.4 Å². The van der Waals surface area contributed by atoms with E-state index in [-0.39, 0.29) is 17.6 Å². The topological polar surface area (TPSA) is 142 Å². The lowest BCUT2D eigenvalue weighted by Gasteiger charge is -1.99. The molecule has 3 rings (SSSR count). The average molecular weight is 306 g/mol. The fourth-order valence-corrected chi connectivity index (χ4v) is 2.14. The summed E-state index contributed by atoms with van der Waals surface area (Å²) in [5, 5.41) is 11.4. The van der Waals surface area contributed by atoms with E-state index in [0.717, 1.165) is 16.3 Å². The van der Waals surface area contributed by atoms with Gasteiger partial charge in [-0.2, -0.15) is 24.6 Å². The first kappa shape index (κ1) is 13.3. The monoisotopic (exact) mass is 306 g/mol. The molecule has 108 valence electrons. The summed E-state index contributed by atoms with van der Waals surface area (Å²) >= 11 is 0. The van der Waals surface area contributed by atoms with E-state index in [0.29, 0.717) is 5.69 Å². The number of rotatable bonds is 2. The maximum absolute atomic E-state index is 11.5. The van der Waals surface area contributed by atoms with Gasteiger partial charge in [0.1, 0.15) is 5.69 Å². The molecule has 0 saturated heterocycles. The lowest BCUT2D eigenvalue weighted by atomic mass is 10.3. The molecule has 21 heavy (non-hydrogen) atoms. The normalized spacial score (nSPS) is 11.9. The van der Waals surface area contributed by atoms with E-state index in [1.165, 1.54) is 0 Å². The van der Waals surface area contributed by atoms with Gasteiger partial charge >= 0.3 is 0 Å². The van der Waals surface area contributed by atoms with Gasteiger partial charge < -0.3 is 5.73 Å². The number of aromatic nitrogens is 7. The molecule has 0 radical (unpaired) electrons. The Bertz CT molecular complexity index is 949. The maximum Gasteiger partial charge on any atom is 0.258 e. The minimum absolute atomic E-state index is 0.0289. The lowest BCUT2D eigenvalue weighted by molar-refractivity contribution is 0.592. The van der Waals surface area contributed by atoms with Crippen molar-refractivity contribution >= 4 is 21.6 Å². The minimum atomic E-state index is -3.59. The second-order valence-electron chi connectivity index (χ2n) is 4.40. The van der Waals surface area contributed by atoms with E-state index in [9.17, 15) is 8.42 Å². The lowest BCUT2D eigenvalue weighted by Crippen LogP contribution is -2.11. The average Bonchev–Trinajstić information content (AvgIpc) is 2.82. The summed E-state index contributed by atoms with van der Waals surface area (Å²) in [7, 11) is -3.59. The van der Waals surface area contributed by atoms with Gasteiger partial charge in [0, 0.05) is 6.26 Å². The largest absolute Gasteiger partial charge is 0.368 e. The van der Waals surface area contributed by atoms with Crippen molar-refractivity contribution in [1.82, 2.24) is 34.8 Å². The van der Waals surface area contributed by atoms with E-state index in [1.54, 1.807) is 12.3 Å². The third kappa shape index (κ3) is 2.38. The van der Waals surface area contributed by atoms with Crippen molar-refractivity contribution in [2.45, 2.75) is 12.1 Å². The number of nitrogens with zero attached hydrogens (tertiary/aromatic N) is 7. The van der Waals surface area contributed by atoms with Crippen molar-refractivity contribution < 1.29 is 8.42 Å². The summed E-state index contributed by atoms with van der Waals surface area (Å²) in [5.74, 6) is 0.138. The molecule has 0 aliphatic heterocycles. The van der Waals surface area contributed by atoms with Crippen LogP contribution in [0.15, 0.2) is 17.4 Å². The molecule has 0 atom stereocenters. The molecule has 10 nitrogen and oxygen atoms in total. The summed E-state index contributed by atoms with van der Waals surface area (Å²) in [5.41, 5.74) is 7.00. The Morgan fingerprint density at radius 2 is 2.00 bits per heavy atom. The highest BCUT2D eigenvalue weighted by Crippen LogP contribution is 2.15. The molecule has 3 aromatic heterocycles. The Labute approximate surface area is 119 Å². The molecule has 11 heteroatoms. The van der Waals surface area contributed by atoms with Crippen molar-refractivity contribution in [3.63, 3.8) is 0 Å². The van der Waals surface area contributed by atoms with Crippen LogP contribution in [0.2, 0.25) is 0 Å². The van der Waals surface area contributed by atoms with Crippen LogP contribution in [0, 0.1) is 6.92 Å². The molecule has 0 amide bonds. The smallest absolute Gasteiger partial charge is 0.258 e. The maximum atomic E-state index is 11.5. The summed E-state index contributed by atoms with van der Waals surface area (Å²) in [6.07, 6.45) is 2.58. The molecular weight excluding hydrogens is 296 g/mol. The number of sulfone groups is 1. The Hall–Kier alpha value is -2.69. The first-order valence-electron chi connectivity index (χ1n) is 5.74. The molecule has 0 bridgehead atoms. The predicted octanol–water partition coefficient (Wildman–Crippen LogP) is -0.730. The Morgan fingerprint density at radius 1 is 1.24 bits per heavy atom. The van der Waals surface area contributed by atoms with E-state index >= 15 is 0 Å². The first-order chi connectivity index (χ1) is 9.84.